The van der Waals surface area contributed by atoms with Crippen LogP contribution in [-0.2, 0) is 0 Å². The second-order valence-corrected chi connectivity index (χ2v) is 4.93. The summed E-state index contributed by atoms with van der Waals surface area (Å²) in [6.45, 7) is 7.74. The van der Waals surface area contributed by atoms with Crippen LogP contribution in [0, 0.1) is 6.92 Å². The molecular formula is C17H23N. The summed E-state index contributed by atoms with van der Waals surface area (Å²) in [7, 11) is 0. The minimum Gasteiger partial charge on any atom is -0.310 e. The highest BCUT2D eigenvalue weighted by Gasteiger charge is 2.12. The Bertz CT molecular complexity index is 516. The molecule has 0 aliphatic heterocycles. The second-order valence-electron chi connectivity index (χ2n) is 4.93. The number of fused-ring (bicyclic) bond motifs is 1. The van der Waals surface area contributed by atoms with Crippen LogP contribution in [0.2, 0.25) is 0 Å². The quantitative estimate of drug-likeness (QED) is 0.806. The lowest BCUT2D eigenvalue weighted by Crippen LogP contribution is -2.21. The summed E-state index contributed by atoms with van der Waals surface area (Å²) in [5, 5.41) is 6.42. The van der Waals surface area contributed by atoms with Crippen LogP contribution in [-0.4, -0.2) is 6.54 Å². The molecule has 0 heterocycles. The number of benzene rings is 2. The lowest BCUT2D eigenvalue weighted by molar-refractivity contribution is 0.521. The number of rotatable bonds is 5. The molecule has 0 amide bonds. The molecule has 96 valence electrons. The first-order valence-corrected chi connectivity index (χ1v) is 6.99. The average Bonchev–Trinajstić information content (AvgIpc) is 2.42. The van der Waals surface area contributed by atoms with E-state index < -0.39 is 0 Å². The fourth-order valence-electron chi connectivity index (χ4n) is 2.57. The monoisotopic (exact) mass is 241 g/mol. The molecule has 1 heteroatoms. The summed E-state index contributed by atoms with van der Waals surface area (Å²) in [6, 6.07) is 13.7. The summed E-state index contributed by atoms with van der Waals surface area (Å²) >= 11 is 0. The minimum atomic E-state index is 0.468. The molecule has 18 heavy (non-hydrogen) atoms. The molecule has 0 saturated heterocycles. The van der Waals surface area contributed by atoms with E-state index in [0.717, 1.165) is 13.0 Å². The Morgan fingerprint density at radius 2 is 1.72 bits per heavy atom. The Kier molecular flexibility index (Phi) is 4.38. The average molecular weight is 241 g/mol. The zero-order valence-electron chi connectivity index (χ0n) is 11.7. The molecular weight excluding hydrogens is 218 g/mol. The van der Waals surface area contributed by atoms with Gasteiger partial charge < -0.3 is 5.32 Å². The molecule has 1 unspecified atom stereocenters. The zero-order valence-corrected chi connectivity index (χ0v) is 11.7. The lowest BCUT2D eigenvalue weighted by atomic mass is 9.94. The van der Waals surface area contributed by atoms with Gasteiger partial charge in [0.2, 0.25) is 0 Å². The molecule has 0 spiro atoms. The van der Waals surface area contributed by atoms with Gasteiger partial charge in [-0.1, -0.05) is 50.2 Å². The zero-order chi connectivity index (χ0) is 13.0. The molecule has 0 fully saturated rings. The first kappa shape index (κ1) is 13.1. The van der Waals surface area contributed by atoms with Crippen molar-refractivity contribution in [2.45, 2.75) is 39.7 Å². The van der Waals surface area contributed by atoms with Gasteiger partial charge >= 0.3 is 0 Å². The van der Waals surface area contributed by atoms with E-state index in [1.807, 2.05) is 0 Å². The predicted molar refractivity (Wildman–Crippen MR) is 80.0 cm³/mol. The number of aryl methyl sites for hydroxylation is 1. The smallest absolute Gasteiger partial charge is 0.0323 e. The summed E-state index contributed by atoms with van der Waals surface area (Å²) in [5.41, 5.74) is 2.80. The van der Waals surface area contributed by atoms with E-state index in [9.17, 15) is 0 Å². The van der Waals surface area contributed by atoms with Crippen LogP contribution in [0.25, 0.3) is 10.8 Å². The van der Waals surface area contributed by atoms with Crippen molar-refractivity contribution in [1.29, 1.82) is 0 Å². The topological polar surface area (TPSA) is 12.0 Å². The highest BCUT2D eigenvalue weighted by Crippen LogP contribution is 2.28. The van der Waals surface area contributed by atoms with E-state index in [1.165, 1.54) is 28.3 Å². The molecule has 0 saturated carbocycles. The summed E-state index contributed by atoms with van der Waals surface area (Å²) in [6.07, 6.45) is 2.31. The van der Waals surface area contributed by atoms with Crippen molar-refractivity contribution in [2.24, 2.45) is 0 Å². The molecule has 0 aromatic heterocycles. The number of nitrogens with one attached hydrogen (secondary N) is 1. The third-order valence-electron chi connectivity index (χ3n) is 3.60. The molecule has 0 bridgehead atoms. The van der Waals surface area contributed by atoms with Crippen LogP contribution in [0.5, 0.6) is 0 Å². The van der Waals surface area contributed by atoms with Gasteiger partial charge in [-0.2, -0.15) is 0 Å². The third-order valence-corrected chi connectivity index (χ3v) is 3.60. The fourth-order valence-corrected chi connectivity index (χ4v) is 2.57. The summed E-state index contributed by atoms with van der Waals surface area (Å²) in [4.78, 5) is 0. The van der Waals surface area contributed by atoms with Crippen LogP contribution in [0.1, 0.15) is 43.9 Å². The van der Waals surface area contributed by atoms with E-state index in [-0.39, 0.29) is 0 Å². The molecule has 1 N–H and O–H groups in total. The maximum absolute atomic E-state index is 3.65. The van der Waals surface area contributed by atoms with Crippen LogP contribution in [0.3, 0.4) is 0 Å². The summed E-state index contributed by atoms with van der Waals surface area (Å²) in [5.74, 6) is 0. The van der Waals surface area contributed by atoms with Crippen LogP contribution >= 0.6 is 0 Å². The van der Waals surface area contributed by atoms with Gasteiger partial charge in [-0.3, -0.25) is 0 Å². The molecule has 2 aromatic carbocycles. The van der Waals surface area contributed by atoms with Crippen molar-refractivity contribution < 1.29 is 0 Å². The molecule has 1 nitrogen and oxygen atoms in total. The normalized spacial score (nSPS) is 12.8. The highest BCUT2D eigenvalue weighted by molar-refractivity contribution is 5.88. The van der Waals surface area contributed by atoms with Crippen LogP contribution < -0.4 is 5.32 Å². The van der Waals surface area contributed by atoms with Crippen molar-refractivity contribution >= 4 is 10.8 Å². The Morgan fingerprint density at radius 3 is 2.39 bits per heavy atom. The fraction of sp³-hybridized carbons (Fsp3) is 0.412. The number of hydrogen-bond acceptors (Lipinski definition) is 1. The maximum atomic E-state index is 3.65. The largest absolute Gasteiger partial charge is 0.310 e. The third kappa shape index (κ3) is 2.56. The lowest BCUT2D eigenvalue weighted by Gasteiger charge is -2.20. The number of hydrogen-bond donors (Lipinski definition) is 1. The SMILES string of the molecule is CCCNC(CC)c1ccc(C)c2ccccc12. The molecule has 0 radical (unpaired) electrons. The molecule has 1 atom stereocenters. The second kappa shape index (κ2) is 6.01. The Labute approximate surface area is 110 Å². The van der Waals surface area contributed by atoms with E-state index in [0.29, 0.717) is 6.04 Å². The molecule has 2 rings (SSSR count). The van der Waals surface area contributed by atoms with Crippen molar-refractivity contribution in [2.75, 3.05) is 6.54 Å². The van der Waals surface area contributed by atoms with Gasteiger partial charge in [-0.15, -0.1) is 0 Å². The summed E-state index contributed by atoms with van der Waals surface area (Å²) < 4.78 is 0. The Hall–Kier alpha value is -1.34. The van der Waals surface area contributed by atoms with Gasteiger partial charge in [-0.25, -0.2) is 0 Å². The van der Waals surface area contributed by atoms with Crippen molar-refractivity contribution in [1.82, 2.24) is 5.32 Å². The molecule has 2 aromatic rings. The van der Waals surface area contributed by atoms with Gasteiger partial charge in [0.05, 0.1) is 0 Å². The van der Waals surface area contributed by atoms with Gasteiger partial charge in [-0.05, 0) is 48.2 Å². The Morgan fingerprint density at radius 1 is 1.00 bits per heavy atom. The van der Waals surface area contributed by atoms with Gasteiger partial charge in [0.15, 0.2) is 0 Å². The van der Waals surface area contributed by atoms with E-state index in [4.69, 9.17) is 0 Å². The van der Waals surface area contributed by atoms with Gasteiger partial charge in [0, 0.05) is 6.04 Å². The molecule has 0 aliphatic rings. The van der Waals surface area contributed by atoms with E-state index in [2.05, 4.69) is 62.5 Å². The molecule has 0 aliphatic carbocycles. The predicted octanol–water partition coefficient (Wildman–Crippen LogP) is 4.60. The Balaban J connectivity index is 2.46. The van der Waals surface area contributed by atoms with Crippen LogP contribution in [0.4, 0.5) is 0 Å². The van der Waals surface area contributed by atoms with Gasteiger partial charge in [0.1, 0.15) is 0 Å². The van der Waals surface area contributed by atoms with Gasteiger partial charge in [0.25, 0.3) is 0 Å². The van der Waals surface area contributed by atoms with E-state index >= 15 is 0 Å². The highest BCUT2D eigenvalue weighted by atomic mass is 14.9. The first-order valence-electron chi connectivity index (χ1n) is 6.99. The van der Waals surface area contributed by atoms with Crippen molar-refractivity contribution in [3.8, 4) is 0 Å². The minimum absolute atomic E-state index is 0.468. The van der Waals surface area contributed by atoms with E-state index in [1.54, 1.807) is 0 Å². The van der Waals surface area contributed by atoms with Crippen molar-refractivity contribution in [3.05, 3.63) is 47.5 Å². The van der Waals surface area contributed by atoms with Crippen molar-refractivity contribution in [3.63, 3.8) is 0 Å². The first-order chi connectivity index (χ1) is 8.77. The maximum Gasteiger partial charge on any atom is 0.0323 e. The van der Waals surface area contributed by atoms with Crippen LogP contribution in [0.15, 0.2) is 36.4 Å². The standard InChI is InChI=1S/C17H23N/c1-4-12-18-17(5-2)16-11-10-13(3)14-8-6-7-9-15(14)16/h6-11,17-18H,4-5,12H2,1-3H3.